The molecule has 1 atom stereocenters. The maximum Gasteiger partial charge on any atom is 0.340 e. The molecule has 1 amide bonds. The van der Waals surface area contributed by atoms with Gasteiger partial charge in [-0.25, -0.2) is 9.78 Å². The van der Waals surface area contributed by atoms with Crippen molar-refractivity contribution in [1.82, 2.24) is 4.98 Å². The van der Waals surface area contributed by atoms with Crippen molar-refractivity contribution in [3.05, 3.63) is 47.0 Å². The van der Waals surface area contributed by atoms with Gasteiger partial charge in [-0.1, -0.05) is 42.4 Å². The maximum atomic E-state index is 13.1. The van der Waals surface area contributed by atoms with E-state index in [9.17, 15) is 14.7 Å². The van der Waals surface area contributed by atoms with E-state index >= 15 is 0 Å². The first kappa shape index (κ1) is 24.2. The fraction of sp³-hybridized carbons (Fsp3) is 0.409. The van der Waals surface area contributed by atoms with E-state index in [0.29, 0.717) is 27.2 Å². The lowest BCUT2D eigenvalue weighted by Gasteiger charge is -2.11. The Kier molecular flexibility index (Phi) is 9.10. The first-order valence-corrected chi connectivity index (χ1v) is 12.3. The van der Waals surface area contributed by atoms with Crippen LogP contribution >= 0.6 is 23.4 Å². The molecule has 3 rings (SSSR count). The zero-order valence-electron chi connectivity index (χ0n) is 17.9. The van der Waals surface area contributed by atoms with E-state index in [1.165, 1.54) is 6.20 Å². The van der Waals surface area contributed by atoms with Crippen molar-refractivity contribution in [1.29, 1.82) is 0 Å². The second kappa shape index (κ2) is 12.0. The van der Waals surface area contributed by atoms with Gasteiger partial charge in [-0.2, -0.15) is 0 Å². The monoisotopic (exact) mass is 478 g/mol. The smallest absolute Gasteiger partial charge is 0.340 e. The van der Waals surface area contributed by atoms with Crippen LogP contribution in [0.3, 0.4) is 0 Å². The third-order valence-electron chi connectivity index (χ3n) is 4.93. The molecule has 1 heterocycles. The van der Waals surface area contributed by atoms with Crippen LogP contribution in [0.2, 0.25) is 0 Å². The lowest BCUT2D eigenvalue weighted by atomic mass is 9.98. The van der Waals surface area contributed by atoms with Crippen molar-refractivity contribution >= 4 is 46.0 Å². The van der Waals surface area contributed by atoms with Crippen molar-refractivity contribution in [2.45, 2.75) is 38.7 Å². The van der Waals surface area contributed by atoms with Crippen molar-refractivity contribution in [2.24, 2.45) is 5.92 Å². The molecule has 0 bridgehead atoms. The van der Waals surface area contributed by atoms with Crippen LogP contribution in [0.4, 0.5) is 5.13 Å². The van der Waals surface area contributed by atoms with Gasteiger partial charge in [0.05, 0.1) is 11.5 Å². The Bertz CT molecular complexity index is 938. The highest BCUT2D eigenvalue weighted by Gasteiger charge is 2.23. The topological polar surface area (TPSA) is 107 Å². The highest BCUT2D eigenvalue weighted by Crippen LogP contribution is 2.31. The van der Waals surface area contributed by atoms with Crippen LogP contribution in [-0.2, 0) is 18.7 Å². The Morgan fingerprint density at radius 1 is 1.31 bits per heavy atom. The summed E-state index contributed by atoms with van der Waals surface area (Å²) in [7, 11) is 0. The number of carbonyl (C=O) groups excluding carboxylic acids is 2. The zero-order valence-corrected chi connectivity index (χ0v) is 19.5. The van der Waals surface area contributed by atoms with Crippen molar-refractivity contribution in [2.75, 3.05) is 18.2 Å². The number of anilines is 1. The Morgan fingerprint density at radius 3 is 2.69 bits per heavy atom. The predicted octanol–water partition coefficient (Wildman–Crippen LogP) is 4.54. The fourth-order valence-electron chi connectivity index (χ4n) is 3.40. The number of allylic oxidation sites excluding steroid dienone is 1. The number of ether oxygens (including phenoxy) is 1. The number of esters is 1. The molecule has 1 fully saturated rings. The number of rotatable bonds is 10. The number of carbonyl (C=O) groups is 2. The second-order valence-electron chi connectivity index (χ2n) is 7.14. The summed E-state index contributed by atoms with van der Waals surface area (Å²) in [6, 6.07) is 7.07. The molecule has 1 aliphatic carbocycles. The van der Waals surface area contributed by atoms with Crippen molar-refractivity contribution in [3.63, 3.8) is 0 Å². The molecule has 1 aliphatic rings. The second-order valence-corrected chi connectivity index (χ2v) is 8.68. The number of hydrogen-bond donors (Lipinski definition) is 2. The van der Waals surface area contributed by atoms with Gasteiger partial charge < -0.3 is 14.7 Å². The van der Waals surface area contributed by atoms with Crippen molar-refractivity contribution in [3.8, 4) is 5.75 Å². The van der Waals surface area contributed by atoms with Gasteiger partial charge in [-0.15, -0.1) is 4.33 Å². The molecular formula is C22H26N2O6S2. The molecule has 1 saturated carbocycles. The molecule has 0 radical (unpaired) electrons. The molecular weight excluding hydrogens is 452 g/mol. The summed E-state index contributed by atoms with van der Waals surface area (Å²) in [4.78, 5) is 34.4. The molecule has 0 aliphatic heterocycles. The number of hydrogen-bond acceptors (Lipinski definition) is 9. The average Bonchev–Trinajstić information content (AvgIpc) is 3.48. The van der Waals surface area contributed by atoms with E-state index in [2.05, 4.69) is 10.3 Å². The summed E-state index contributed by atoms with van der Waals surface area (Å²) >= 11 is 2.12. The van der Waals surface area contributed by atoms with Crippen LogP contribution in [-0.4, -0.2) is 34.8 Å². The minimum Gasteiger partial charge on any atom is -0.464 e. The third-order valence-corrected chi connectivity index (χ3v) is 6.10. The largest absolute Gasteiger partial charge is 0.464 e. The first-order chi connectivity index (χ1) is 15.5. The van der Waals surface area contributed by atoms with Gasteiger partial charge in [0.25, 0.3) is 5.91 Å². The van der Waals surface area contributed by atoms with Crippen LogP contribution in [0.5, 0.6) is 5.75 Å². The molecule has 172 valence electrons. The lowest BCUT2D eigenvalue weighted by Crippen LogP contribution is -2.15. The highest BCUT2D eigenvalue weighted by atomic mass is 32.2. The van der Waals surface area contributed by atoms with Gasteiger partial charge in [0, 0.05) is 30.1 Å². The van der Waals surface area contributed by atoms with Crippen LogP contribution in [0.25, 0.3) is 5.57 Å². The zero-order chi connectivity index (χ0) is 22.9. The Labute approximate surface area is 195 Å². The van der Waals surface area contributed by atoms with Crippen LogP contribution < -0.4 is 10.2 Å². The number of benzene rings is 1. The molecule has 2 N–H and O–H groups in total. The molecule has 2 aromatic rings. The van der Waals surface area contributed by atoms with Gasteiger partial charge >= 0.3 is 5.97 Å². The first-order valence-electron chi connectivity index (χ1n) is 10.3. The van der Waals surface area contributed by atoms with E-state index in [4.69, 9.17) is 14.0 Å². The number of nitrogens with zero attached hydrogens (tertiary/aromatic N) is 1. The summed E-state index contributed by atoms with van der Waals surface area (Å²) in [5.41, 5.74) is 1.28. The molecule has 8 nitrogen and oxygen atoms in total. The number of thiazole rings is 1. The van der Waals surface area contributed by atoms with Crippen LogP contribution in [0, 0.1) is 5.92 Å². The maximum absolute atomic E-state index is 13.1. The molecule has 0 saturated heterocycles. The van der Waals surface area contributed by atoms with Gasteiger partial charge in [0.2, 0.25) is 0 Å². The third kappa shape index (κ3) is 6.55. The molecule has 1 aromatic heterocycles. The average molecular weight is 479 g/mol. The summed E-state index contributed by atoms with van der Waals surface area (Å²) in [6.07, 6.45) is 8.09. The van der Waals surface area contributed by atoms with E-state index in [1.54, 1.807) is 37.4 Å². The number of nitrogens with one attached hydrogen (secondary N) is 1. The normalized spacial score (nSPS) is 15.4. The molecule has 1 unspecified atom stereocenters. The number of aliphatic hydroxyl groups is 1. The van der Waals surface area contributed by atoms with Crippen LogP contribution in [0.1, 0.15) is 49.2 Å². The SMILES string of the molecule is CCOC(=O)C(O)c1cnc(NC(=O)/C(=C/C2CCCC2)c2ccc(OOSC)cc2)s1. The van der Waals surface area contributed by atoms with E-state index in [1.807, 2.05) is 6.08 Å². The van der Waals surface area contributed by atoms with E-state index in [0.717, 1.165) is 54.6 Å². The minimum absolute atomic E-state index is 0.168. The molecule has 0 spiro atoms. The lowest BCUT2D eigenvalue weighted by molar-refractivity contribution is -0.153. The predicted molar refractivity (Wildman–Crippen MR) is 124 cm³/mol. The molecule has 10 heteroatoms. The highest BCUT2D eigenvalue weighted by molar-refractivity contribution is 7.93. The molecule has 32 heavy (non-hydrogen) atoms. The Morgan fingerprint density at radius 2 is 2.03 bits per heavy atom. The number of aromatic nitrogens is 1. The van der Waals surface area contributed by atoms with Gasteiger partial charge in [0.15, 0.2) is 17.0 Å². The standard InChI is InChI=1S/C22H26N2O6S2/c1-3-28-21(27)19(25)18-13-23-22(32-18)24-20(26)17(12-14-6-4-5-7-14)15-8-10-16(11-9-15)29-30-31-2/h8-14,19,25H,3-7H2,1-2H3,(H,23,24,26)/b17-12+. The van der Waals surface area contributed by atoms with Crippen molar-refractivity contribution < 1.29 is 28.7 Å². The van der Waals surface area contributed by atoms with E-state index < -0.39 is 12.1 Å². The fourth-order valence-corrected chi connectivity index (χ4v) is 4.33. The van der Waals surface area contributed by atoms with Gasteiger partial charge in [-0.3, -0.25) is 10.1 Å². The quantitative estimate of drug-likeness (QED) is 0.169. The Hall–Kier alpha value is -2.40. The number of aliphatic hydroxyl groups excluding tert-OH is 1. The van der Waals surface area contributed by atoms with E-state index in [-0.39, 0.29) is 12.5 Å². The summed E-state index contributed by atoms with van der Waals surface area (Å²) in [5, 5.41) is 13.2. The van der Waals surface area contributed by atoms with Crippen LogP contribution in [0.15, 0.2) is 36.5 Å². The Balaban J connectivity index is 1.77. The summed E-state index contributed by atoms with van der Waals surface area (Å²) < 4.78 is 9.70. The minimum atomic E-state index is -1.43. The summed E-state index contributed by atoms with van der Waals surface area (Å²) in [5.74, 6) is -0.189. The molecule has 1 aromatic carbocycles. The number of amides is 1. The van der Waals surface area contributed by atoms with Gasteiger partial charge in [0.1, 0.15) is 0 Å². The van der Waals surface area contributed by atoms with Gasteiger partial charge in [-0.05, 0) is 43.4 Å². The summed E-state index contributed by atoms with van der Waals surface area (Å²) in [6.45, 7) is 1.83.